The first-order valence-electron chi connectivity index (χ1n) is 7.55. The van der Waals surface area contributed by atoms with Crippen LogP contribution in [0.5, 0.6) is 0 Å². The number of carbonyl (C=O) groups excluding carboxylic acids is 1. The zero-order valence-electron chi connectivity index (χ0n) is 13.3. The van der Waals surface area contributed by atoms with Gasteiger partial charge in [0, 0.05) is 17.6 Å². The van der Waals surface area contributed by atoms with E-state index in [1.807, 2.05) is 18.2 Å². The van der Waals surface area contributed by atoms with Gasteiger partial charge in [0.25, 0.3) is 5.91 Å². The number of nitrogens with zero attached hydrogens (tertiary/aromatic N) is 3. The van der Waals surface area contributed by atoms with Crippen LogP contribution in [-0.4, -0.2) is 32.8 Å². The molecule has 0 aliphatic carbocycles. The first-order valence-corrected chi connectivity index (χ1v) is 8.75. The number of carbonyl (C=O) groups is 1. The molecule has 2 aromatic carbocycles. The fourth-order valence-corrected chi connectivity index (χ4v) is 3.59. The third kappa shape index (κ3) is 3.04. The minimum atomic E-state index is -0.105. The number of hydrogen-bond acceptors (Lipinski definition) is 5. The number of rotatable bonds is 3. The number of amides is 1. The largest absolute Gasteiger partial charge is 0.375 e. The molecule has 2 heterocycles. The standard InChI is InChI=1S/C17H14ClN5OS/c1-23(8-15-20-11-4-3-10(18)7-12(11)21-15)16(24)9-2-5-14-13(6-9)22-17(19)25-14/h2-7H,8H2,1H3,(H2,19,22)(H,20,21). The molecule has 25 heavy (non-hydrogen) atoms. The van der Waals surface area contributed by atoms with E-state index in [9.17, 15) is 4.79 Å². The number of thiazole rings is 1. The van der Waals surface area contributed by atoms with Gasteiger partial charge in [-0.1, -0.05) is 22.9 Å². The summed E-state index contributed by atoms with van der Waals surface area (Å²) in [5, 5.41) is 1.14. The molecule has 0 saturated carbocycles. The molecule has 0 spiro atoms. The molecule has 0 bridgehead atoms. The number of aromatic amines is 1. The quantitative estimate of drug-likeness (QED) is 0.575. The lowest BCUT2D eigenvalue weighted by molar-refractivity contribution is 0.0782. The number of nitrogens with one attached hydrogen (secondary N) is 1. The Kier molecular flexibility index (Phi) is 3.82. The lowest BCUT2D eigenvalue weighted by Crippen LogP contribution is -2.26. The van der Waals surface area contributed by atoms with Gasteiger partial charge in [-0.15, -0.1) is 0 Å². The van der Waals surface area contributed by atoms with Crippen LogP contribution < -0.4 is 5.73 Å². The highest BCUT2D eigenvalue weighted by Gasteiger charge is 2.15. The predicted molar refractivity (Wildman–Crippen MR) is 101 cm³/mol. The minimum absolute atomic E-state index is 0.105. The van der Waals surface area contributed by atoms with E-state index in [0.717, 1.165) is 21.3 Å². The van der Waals surface area contributed by atoms with Crippen LogP contribution in [-0.2, 0) is 6.54 Å². The van der Waals surface area contributed by atoms with Gasteiger partial charge in [0.1, 0.15) is 5.82 Å². The molecule has 6 nitrogen and oxygen atoms in total. The van der Waals surface area contributed by atoms with Crippen LogP contribution in [0.2, 0.25) is 5.02 Å². The molecule has 0 radical (unpaired) electrons. The smallest absolute Gasteiger partial charge is 0.254 e. The number of fused-ring (bicyclic) bond motifs is 2. The van der Waals surface area contributed by atoms with Crippen molar-refractivity contribution in [2.24, 2.45) is 0 Å². The van der Waals surface area contributed by atoms with Crippen LogP contribution in [0.15, 0.2) is 36.4 Å². The normalized spacial score (nSPS) is 11.3. The number of nitrogens with two attached hydrogens (primary N) is 1. The highest BCUT2D eigenvalue weighted by atomic mass is 35.5. The second-order valence-corrected chi connectivity index (χ2v) is 7.24. The maximum Gasteiger partial charge on any atom is 0.254 e. The van der Waals surface area contributed by atoms with Crippen molar-refractivity contribution in [3.05, 3.63) is 52.8 Å². The van der Waals surface area contributed by atoms with Crippen molar-refractivity contribution >= 4 is 55.2 Å². The van der Waals surface area contributed by atoms with E-state index in [1.54, 1.807) is 30.1 Å². The lowest BCUT2D eigenvalue weighted by Gasteiger charge is -2.15. The minimum Gasteiger partial charge on any atom is -0.375 e. The monoisotopic (exact) mass is 371 g/mol. The number of benzene rings is 2. The molecule has 0 saturated heterocycles. The lowest BCUT2D eigenvalue weighted by atomic mass is 10.2. The van der Waals surface area contributed by atoms with Crippen molar-refractivity contribution in [1.29, 1.82) is 0 Å². The zero-order chi connectivity index (χ0) is 17.6. The van der Waals surface area contributed by atoms with E-state index in [0.29, 0.717) is 28.1 Å². The van der Waals surface area contributed by atoms with Gasteiger partial charge in [-0.05, 0) is 36.4 Å². The summed E-state index contributed by atoms with van der Waals surface area (Å²) in [5.74, 6) is 0.596. The molecule has 4 rings (SSSR count). The number of halogens is 1. The number of anilines is 1. The van der Waals surface area contributed by atoms with E-state index < -0.39 is 0 Å². The first-order chi connectivity index (χ1) is 12.0. The summed E-state index contributed by atoms with van der Waals surface area (Å²) in [5.41, 5.74) is 8.69. The molecule has 126 valence electrons. The number of nitrogen functional groups attached to an aromatic ring is 1. The molecule has 2 aromatic heterocycles. The van der Waals surface area contributed by atoms with Crippen LogP contribution in [0, 0.1) is 0 Å². The Morgan fingerprint density at radius 2 is 2.08 bits per heavy atom. The Balaban J connectivity index is 1.57. The van der Waals surface area contributed by atoms with E-state index in [4.69, 9.17) is 17.3 Å². The molecular weight excluding hydrogens is 358 g/mol. The maximum atomic E-state index is 12.7. The van der Waals surface area contributed by atoms with Gasteiger partial charge >= 0.3 is 0 Å². The highest BCUT2D eigenvalue weighted by molar-refractivity contribution is 7.22. The molecule has 3 N–H and O–H groups in total. The van der Waals surface area contributed by atoms with Gasteiger partial charge in [-0.25, -0.2) is 9.97 Å². The summed E-state index contributed by atoms with van der Waals surface area (Å²) in [7, 11) is 1.74. The van der Waals surface area contributed by atoms with Gasteiger partial charge in [-0.2, -0.15) is 0 Å². The summed E-state index contributed by atoms with van der Waals surface area (Å²) in [6, 6.07) is 10.9. The summed E-state index contributed by atoms with van der Waals surface area (Å²) in [4.78, 5) is 26.2. The fourth-order valence-electron chi connectivity index (χ4n) is 2.70. The molecule has 4 aromatic rings. The fraction of sp³-hybridized carbons (Fsp3) is 0.118. The van der Waals surface area contributed by atoms with E-state index in [-0.39, 0.29) is 5.91 Å². The molecule has 0 aliphatic rings. The maximum absolute atomic E-state index is 12.7. The highest BCUT2D eigenvalue weighted by Crippen LogP contribution is 2.25. The van der Waals surface area contributed by atoms with Crippen LogP contribution >= 0.6 is 22.9 Å². The molecule has 0 fully saturated rings. The third-order valence-electron chi connectivity index (χ3n) is 3.88. The summed E-state index contributed by atoms with van der Waals surface area (Å²) >= 11 is 7.39. The van der Waals surface area contributed by atoms with Gasteiger partial charge in [0.05, 0.1) is 27.8 Å². The number of imidazole rings is 1. The Hall–Kier alpha value is -2.64. The van der Waals surface area contributed by atoms with Crippen LogP contribution in [0.3, 0.4) is 0 Å². The predicted octanol–water partition coefficient (Wildman–Crippen LogP) is 3.68. The SMILES string of the molecule is CN(Cc1nc2ccc(Cl)cc2[nH]1)C(=O)c1ccc2sc(N)nc2c1. The summed E-state index contributed by atoms with van der Waals surface area (Å²) in [6.07, 6.45) is 0. The summed E-state index contributed by atoms with van der Waals surface area (Å²) < 4.78 is 0.964. The van der Waals surface area contributed by atoms with E-state index >= 15 is 0 Å². The number of hydrogen-bond donors (Lipinski definition) is 2. The summed E-state index contributed by atoms with van der Waals surface area (Å²) in [6.45, 7) is 0.363. The Bertz CT molecular complexity index is 1100. The zero-order valence-corrected chi connectivity index (χ0v) is 14.9. The number of H-pyrrole nitrogens is 1. The Morgan fingerprint density at radius 1 is 1.24 bits per heavy atom. The van der Waals surface area contributed by atoms with Crippen molar-refractivity contribution in [3.8, 4) is 0 Å². The molecule has 0 unspecified atom stereocenters. The molecule has 1 amide bonds. The Morgan fingerprint density at radius 3 is 2.92 bits per heavy atom. The van der Waals surface area contributed by atoms with Gasteiger partial charge < -0.3 is 15.6 Å². The molecule has 8 heteroatoms. The van der Waals surface area contributed by atoms with Gasteiger partial charge in [-0.3, -0.25) is 4.79 Å². The average molecular weight is 372 g/mol. The van der Waals surface area contributed by atoms with Crippen LogP contribution in [0.4, 0.5) is 5.13 Å². The molecular formula is C17H14ClN5OS. The van der Waals surface area contributed by atoms with E-state index in [1.165, 1.54) is 11.3 Å². The van der Waals surface area contributed by atoms with E-state index in [2.05, 4.69) is 15.0 Å². The topological polar surface area (TPSA) is 87.9 Å². The van der Waals surface area contributed by atoms with Crippen molar-refractivity contribution in [1.82, 2.24) is 19.9 Å². The second-order valence-electron chi connectivity index (χ2n) is 5.74. The molecule has 0 atom stereocenters. The van der Waals surface area contributed by atoms with Gasteiger partial charge in [0.15, 0.2) is 5.13 Å². The van der Waals surface area contributed by atoms with Crippen LogP contribution in [0.25, 0.3) is 21.3 Å². The van der Waals surface area contributed by atoms with Crippen molar-refractivity contribution < 1.29 is 4.79 Å². The first kappa shape index (κ1) is 15.9. The average Bonchev–Trinajstić information content (AvgIpc) is 3.14. The van der Waals surface area contributed by atoms with Gasteiger partial charge in [0.2, 0.25) is 0 Å². The molecule has 0 aliphatic heterocycles. The van der Waals surface area contributed by atoms with Crippen molar-refractivity contribution in [3.63, 3.8) is 0 Å². The Labute approximate surface area is 152 Å². The van der Waals surface area contributed by atoms with Crippen molar-refractivity contribution in [2.45, 2.75) is 6.54 Å². The third-order valence-corrected chi connectivity index (χ3v) is 4.98. The number of aromatic nitrogens is 3. The second kappa shape index (κ2) is 6.02. The van der Waals surface area contributed by atoms with Crippen LogP contribution in [0.1, 0.15) is 16.2 Å². The van der Waals surface area contributed by atoms with Crippen molar-refractivity contribution in [2.75, 3.05) is 12.8 Å².